The molecule has 0 N–H and O–H groups in total. The molecule has 0 spiro atoms. The largest absolute Gasteiger partial charge is 0.463 e. The van der Waals surface area contributed by atoms with E-state index in [1.165, 1.54) is 12.1 Å². The maximum atomic E-state index is 14.6. The van der Waals surface area contributed by atoms with Gasteiger partial charge in [-0.1, -0.05) is 36.4 Å². The van der Waals surface area contributed by atoms with Crippen molar-refractivity contribution in [3.8, 4) is 6.01 Å². The quantitative estimate of drug-likeness (QED) is 0.249. The first-order valence-electron chi connectivity index (χ1n) is 15.6. The summed E-state index contributed by atoms with van der Waals surface area (Å²) in [5.74, 6) is 0.143. The fourth-order valence-electron chi connectivity index (χ4n) is 7.01. The number of halogens is 2. The second kappa shape index (κ2) is 13.4. The van der Waals surface area contributed by atoms with Crippen LogP contribution in [0.1, 0.15) is 17.7 Å². The van der Waals surface area contributed by atoms with Crippen molar-refractivity contribution in [2.75, 3.05) is 83.0 Å². The van der Waals surface area contributed by atoms with Gasteiger partial charge in [-0.25, -0.2) is 11.0 Å². The monoisotopic (exact) mass is 647 g/mol. The highest BCUT2D eigenvalue weighted by Crippen LogP contribution is 2.38. The van der Waals surface area contributed by atoms with Gasteiger partial charge in [-0.15, -0.1) is 0 Å². The van der Waals surface area contributed by atoms with E-state index in [9.17, 15) is 9.18 Å². The molecule has 10 nitrogen and oxygen atoms in total. The predicted octanol–water partition coefficient (Wildman–Crippen LogP) is 4.45. The molecule has 2 fully saturated rings. The number of amides is 1. The molecule has 0 bridgehead atoms. The van der Waals surface area contributed by atoms with E-state index in [0.717, 1.165) is 41.1 Å². The van der Waals surface area contributed by atoms with Gasteiger partial charge >= 0.3 is 6.01 Å². The number of hydrogen-bond acceptors (Lipinski definition) is 8. The lowest BCUT2D eigenvalue weighted by atomic mass is 9.88. The summed E-state index contributed by atoms with van der Waals surface area (Å²) in [6, 6.07) is 8.99. The summed E-state index contributed by atoms with van der Waals surface area (Å²) < 4.78 is 26.8. The van der Waals surface area contributed by atoms with Crippen molar-refractivity contribution in [2.45, 2.75) is 25.4 Å². The molecule has 0 radical (unpaired) electrons. The normalized spacial score (nSPS) is 21.4. The highest BCUT2D eigenvalue weighted by molar-refractivity contribution is 6.36. The second-order valence-corrected chi connectivity index (χ2v) is 13.0. The first-order valence-corrected chi connectivity index (χ1v) is 16.0. The fourth-order valence-corrected chi connectivity index (χ4v) is 7.28. The topological polar surface area (TPSA) is 78.6 Å². The van der Waals surface area contributed by atoms with Crippen molar-refractivity contribution in [1.82, 2.24) is 19.8 Å². The summed E-state index contributed by atoms with van der Waals surface area (Å²) in [4.78, 5) is 34.4. The van der Waals surface area contributed by atoms with Crippen molar-refractivity contribution in [3.63, 3.8) is 0 Å². The van der Waals surface area contributed by atoms with Crippen LogP contribution in [-0.4, -0.2) is 105 Å². The molecule has 3 aliphatic heterocycles. The van der Waals surface area contributed by atoms with Crippen molar-refractivity contribution < 1.29 is 18.7 Å². The molecule has 1 amide bonds. The number of piperazine rings is 1. The zero-order chi connectivity index (χ0) is 32.4. The molecule has 3 aliphatic rings. The van der Waals surface area contributed by atoms with Gasteiger partial charge in [-0.2, -0.15) is 9.97 Å². The van der Waals surface area contributed by atoms with E-state index in [0.29, 0.717) is 64.4 Å². The van der Waals surface area contributed by atoms with Gasteiger partial charge in [0.15, 0.2) is 0 Å². The molecule has 0 aliphatic carbocycles. The second-order valence-electron chi connectivity index (χ2n) is 12.7. The first-order chi connectivity index (χ1) is 22.2. The van der Waals surface area contributed by atoms with Crippen molar-refractivity contribution >= 4 is 39.8 Å². The Balaban J connectivity index is 1.36. The smallest absolute Gasteiger partial charge is 0.318 e. The average Bonchev–Trinajstić information content (AvgIpc) is 3.52. The van der Waals surface area contributed by atoms with Crippen LogP contribution in [0.2, 0.25) is 5.02 Å². The minimum absolute atomic E-state index is 0.106. The van der Waals surface area contributed by atoms with E-state index in [-0.39, 0.29) is 34.9 Å². The average molecular weight is 648 g/mol. The van der Waals surface area contributed by atoms with Crippen LogP contribution in [0.3, 0.4) is 0 Å². The predicted molar refractivity (Wildman–Crippen MR) is 177 cm³/mol. The van der Waals surface area contributed by atoms with Crippen LogP contribution in [0.4, 0.5) is 15.9 Å². The fraction of sp³-hybridized carbons (Fsp3) is 0.471. The van der Waals surface area contributed by atoms with Crippen LogP contribution < -0.4 is 14.5 Å². The van der Waals surface area contributed by atoms with Crippen LogP contribution >= 0.6 is 11.6 Å². The van der Waals surface area contributed by atoms with Gasteiger partial charge in [0.25, 0.3) is 0 Å². The number of fused-ring (bicyclic) bond motifs is 2. The standard InChI is InChI=1S/C34H39ClFN7O3/c1-5-29(44)43-15-14-42(18-24(43)17-37-2)32-25-11-13-41(28-8-6-7-23-9-10-26(36)31(35)30(23)28)19-27(25)38-33(39-32)46-22-34(20-40(3)4)12-16-45-21-34/h5-10,24H,1,11-22H2,3-4H3/t24-,34?/m0/s1. The zero-order valence-corrected chi connectivity index (χ0v) is 27.1. The van der Waals surface area contributed by atoms with Gasteiger partial charge < -0.3 is 33.9 Å². The number of benzene rings is 2. The Bertz CT molecular complexity index is 1670. The molecule has 0 saturated carbocycles. The van der Waals surface area contributed by atoms with Crippen molar-refractivity contribution in [2.24, 2.45) is 5.41 Å². The number of rotatable bonds is 9. The van der Waals surface area contributed by atoms with Gasteiger partial charge in [0, 0.05) is 61.4 Å². The van der Waals surface area contributed by atoms with E-state index in [4.69, 9.17) is 37.6 Å². The molecule has 12 heteroatoms. The van der Waals surface area contributed by atoms with Crippen LogP contribution in [0.25, 0.3) is 15.6 Å². The van der Waals surface area contributed by atoms with E-state index in [2.05, 4.69) is 26.1 Å². The summed E-state index contributed by atoms with van der Waals surface area (Å²) in [7, 11) is 4.09. The first kappa shape index (κ1) is 32.0. The summed E-state index contributed by atoms with van der Waals surface area (Å²) >= 11 is 6.52. The molecular weight excluding hydrogens is 609 g/mol. The Morgan fingerprint density at radius 3 is 2.85 bits per heavy atom. The minimum Gasteiger partial charge on any atom is -0.463 e. The Kier molecular flexibility index (Phi) is 9.32. The summed E-state index contributed by atoms with van der Waals surface area (Å²) in [6.45, 7) is 16.5. The minimum atomic E-state index is -0.454. The number of nitrogens with zero attached hydrogens (tertiary/aromatic N) is 7. The molecule has 2 atom stereocenters. The van der Waals surface area contributed by atoms with Crippen molar-refractivity contribution in [3.05, 3.63) is 76.5 Å². The number of ether oxygens (including phenoxy) is 2. The lowest BCUT2D eigenvalue weighted by Crippen LogP contribution is -2.56. The highest BCUT2D eigenvalue weighted by Gasteiger charge is 2.38. The third-order valence-corrected chi connectivity index (χ3v) is 9.53. The van der Waals surface area contributed by atoms with Gasteiger partial charge in [-0.3, -0.25) is 4.79 Å². The molecule has 46 heavy (non-hydrogen) atoms. The molecule has 2 aromatic carbocycles. The third-order valence-electron chi connectivity index (χ3n) is 9.16. The zero-order valence-electron chi connectivity index (χ0n) is 26.3. The number of aromatic nitrogens is 2. The Labute approximate surface area is 274 Å². The van der Waals surface area contributed by atoms with Gasteiger partial charge in [0.1, 0.15) is 24.3 Å². The molecule has 6 rings (SSSR count). The molecule has 4 heterocycles. The maximum Gasteiger partial charge on any atom is 0.318 e. The molecule has 1 unspecified atom stereocenters. The molecule has 2 saturated heterocycles. The number of hydrogen-bond donors (Lipinski definition) is 0. The molecule has 1 aromatic heterocycles. The van der Waals surface area contributed by atoms with Crippen molar-refractivity contribution in [1.29, 1.82) is 0 Å². The van der Waals surface area contributed by atoms with E-state index in [1.807, 2.05) is 32.3 Å². The lowest BCUT2D eigenvalue weighted by Gasteiger charge is -2.41. The van der Waals surface area contributed by atoms with Crippen LogP contribution in [-0.2, 0) is 22.5 Å². The molecular formula is C34H39ClFN7O3. The highest BCUT2D eigenvalue weighted by atomic mass is 35.5. The Morgan fingerprint density at radius 1 is 1.26 bits per heavy atom. The number of carbonyl (C=O) groups excluding carboxylic acids is 1. The Hall–Kier alpha value is -3.98. The SMILES string of the molecule is [C-]#[N+]C[C@H]1CN(c2nc(OCC3(CN(C)C)CCOC3)nc3c2CCN(c2cccc4ccc(F)c(Cl)c24)C3)CCN1C(=O)C=C. The molecule has 3 aromatic rings. The summed E-state index contributed by atoms with van der Waals surface area (Å²) in [5, 5.41) is 1.65. The molecule has 242 valence electrons. The van der Waals surface area contributed by atoms with E-state index >= 15 is 0 Å². The summed E-state index contributed by atoms with van der Waals surface area (Å²) in [5.41, 5.74) is 2.51. The Morgan fingerprint density at radius 2 is 2.11 bits per heavy atom. The van der Waals surface area contributed by atoms with Gasteiger partial charge in [0.05, 0.1) is 23.9 Å². The van der Waals surface area contributed by atoms with Crippen LogP contribution in [0.5, 0.6) is 6.01 Å². The third kappa shape index (κ3) is 6.34. The number of anilines is 2. The van der Waals surface area contributed by atoms with Gasteiger partial charge in [-0.05, 0) is 50.5 Å². The van der Waals surface area contributed by atoms with Crippen LogP contribution in [0, 0.1) is 17.8 Å². The van der Waals surface area contributed by atoms with Gasteiger partial charge in [0.2, 0.25) is 12.5 Å². The maximum absolute atomic E-state index is 14.6. The van der Waals surface area contributed by atoms with E-state index < -0.39 is 5.82 Å². The van der Waals surface area contributed by atoms with E-state index in [1.54, 1.807) is 11.0 Å². The lowest BCUT2D eigenvalue weighted by molar-refractivity contribution is -0.128. The summed E-state index contributed by atoms with van der Waals surface area (Å²) in [6.07, 6.45) is 2.83. The van der Waals surface area contributed by atoms with Crippen LogP contribution in [0.15, 0.2) is 43.0 Å². The number of carbonyl (C=O) groups is 1.